The minimum Gasteiger partial charge on any atom is -0.497 e. The van der Waals surface area contributed by atoms with Gasteiger partial charge < -0.3 is 10.1 Å². The van der Waals surface area contributed by atoms with Crippen molar-refractivity contribution in [3.8, 4) is 11.4 Å². The molecule has 1 aromatic carbocycles. The summed E-state index contributed by atoms with van der Waals surface area (Å²) in [7, 11) is 1.62. The van der Waals surface area contributed by atoms with Crippen LogP contribution in [-0.4, -0.2) is 45.0 Å². The molecule has 1 heterocycles. The van der Waals surface area contributed by atoms with Crippen LogP contribution in [0.4, 0.5) is 0 Å². The third-order valence-electron chi connectivity index (χ3n) is 5.14. The summed E-state index contributed by atoms with van der Waals surface area (Å²) in [5.41, 5.74) is 0.827. The molecule has 3 rings (SSSR count). The van der Waals surface area contributed by atoms with Crippen LogP contribution in [0.2, 0.25) is 0 Å². The molecule has 1 aromatic heterocycles. The fourth-order valence-electron chi connectivity index (χ4n) is 3.32. The molecule has 1 aliphatic carbocycles. The molecule has 1 saturated carbocycles. The summed E-state index contributed by atoms with van der Waals surface area (Å²) < 4.78 is 6.79. The normalized spacial score (nSPS) is 22.8. The number of benzene rings is 1. The van der Waals surface area contributed by atoms with Crippen molar-refractivity contribution >= 4 is 17.7 Å². The number of aromatic nitrogens is 4. The van der Waals surface area contributed by atoms with Crippen LogP contribution >= 0.6 is 11.8 Å². The molecule has 0 aliphatic heterocycles. The molecule has 8 heteroatoms. The lowest BCUT2D eigenvalue weighted by atomic mass is 9.78. The van der Waals surface area contributed by atoms with Gasteiger partial charge in [0.2, 0.25) is 11.1 Å². The van der Waals surface area contributed by atoms with Crippen LogP contribution in [0, 0.1) is 11.8 Å². The minimum atomic E-state index is 0.0326. The Bertz CT molecular complexity index is 733. The Kier molecular flexibility index (Phi) is 6.13. The monoisotopic (exact) mass is 375 g/mol. The number of tetrazole rings is 1. The third-order valence-corrected chi connectivity index (χ3v) is 6.06. The Balaban J connectivity index is 1.58. The average Bonchev–Trinajstić information content (AvgIpc) is 3.12. The van der Waals surface area contributed by atoms with E-state index in [-0.39, 0.29) is 11.9 Å². The number of amides is 1. The van der Waals surface area contributed by atoms with Gasteiger partial charge in [0.1, 0.15) is 5.75 Å². The number of hydrogen-bond acceptors (Lipinski definition) is 6. The van der Waals surface area contributed by atoms with Crippen LogP contribution < -0.4 is 10.1 Å². The molecule has 1 amide bonds. The average molecular weight is 375 g/mol. The molecule has 2 aromatic rings. The molecule has 1 fully saturated rings. The largest absolute Gasteiger partial charge is 0.497 e. The topological polar surface area (TPSA) is 81.9 Å². The first-order valence-electron chi connectivity index (χ1n) is 8.93. The Hall–Kier alpha value is -2.09. The lowest BCUT2D eigenvalue weighted by molar-refractivity contribution is -0.120. The summed E-state index contributed by atoms with van der Waals surface area (Å²) in [6.45, 7) is 4.49. The second kappa shape index (κ2) is 8.53. The Labute approximate surface area is 157 Å². The van der Waals surface area contributed by atoms with Crippen molar-refractivity contribution in [2.45, 2.75) is 44.3 Å². The van der Waals surface area contributed by atoms with Gasteiger partial charge in [-0.05, 0) is 52.9 Å². The van der Waals surface area contributed by atoms with E-state index in [4.69, 9.17) is 4.74 Å². The van der Waals surface area contributed by atoms with E-state index >= 15 is 0 Å². The maximum Gasteiger partial charge on any atom is 0.230 e. The van der Waals surface area contributed by atoms with Crippen LogP contribution in [0.5, 0.6) is 5.75 Å². The standard InChI is InChI=1S/C18H25N5O2S/c1-12-5-4-6-16(13(12)2)19-17(24)11-26-18-20-21-22-23(18)14-7-9-15(25-3)10-8-14/h7-10,12-13,16H,4-6,11H2,1-3H3,(H,19,24)/t12-,13+,16-/m0/s1. The summed E-state index contributed by atoms with van der Waals surface area (Å²) in [4.78, 5) is 12.4. The summed E-state index contributed by atoms with van der Waals surface area (Å²) in [5.74, 6) is 2.27. The van der Waals surface area contributed by atoms with Crippen molar-refractivity contribution in [2.24, 2.45) is 11.8 Å². The van der Waals surface area contributed by atoms with E-state index in [2.05, 4.69) is 34.7 Å². The first kappa shape index (κ1) is 18.7. The molecule has 1 N–H and O–H groups in total. The Morgan fingerprint density at radius 3 is 2.81 bits per heavy atom. The molecular weight excluding hydrogens is 350 g/mol. The number of ether oxygens (including phenoxy) is 1. The number of methoxy groups -OCH3 is 1. The Morgan fingerprint density at radius 2 is 2.08 bits per heavy atom. The molecule has 0 spiro atoms. The fraction of sp³-hybridized carbons (Fsp3) is 0.556. The summed E-state index contributed by atoms with van der Waals surface area (Å²) in [6, 6.07) is 7.73. The van der Waals surface area contributed by atoms with Crippen molar-refractivity contribution in [1.29, 1.82) is 0 Å². The zero-order valence-electron chi connectivity index (χ0n) is 15.4. The second-order valence-corrected chi connectivity index (χ2v) is 7.74. The van der Waals surface area contributed by atoms with Crippen LogP contribution in [0.15, 0.2) is 29.4 Å². The van der Waals surface area contributed by atoms with Gasteiger partial charge in [0.05, 0.1) is 18.6 Å². The van der Waals surface area contributed by atoms with Gasteiger partial charge in [0.15, 0.2) is 0 Å². The molecule has 3 atom stereocenters. The highest BCUT2D eigenvalue weighted by molar-refractivity contribution is 7.99. The number of carbonyl (C=O) groups is 1. The van der Waals surface area contributed by atoms with Gasteiger partial charge in [0, 0.05) is 6.04 Å². The lowest BCUT2D eigenvalue weighted by Crippen LogP contribution is -2.44. The smallest absolute Gasteiger partial charge is 0.230 e. The van der Waals surface area contributed by atoms with E-state index in [9.17, 15) is 4.79 Å². The zero-order chi connectivity index (χ0) is 18.5. The van der Waals surface area contributed by atoms with Gasteiger partial charge in [0.25, 0.3) is 0 Å². The van der Waals surface area contributed by atoms with Gasteiger partial charge in [-0.25, -0.2) is 0 Å². The van der Waals surface area contributed by atoms with Crippen LogP contribution in [0.1, 0.15) is 33.1 Å². The number of nitrogens with zero attached hydrogens (tertiary/aromatic N) is 4. The molecule has 26 heavy (non-hydrogen) atoms. The van der Waals surface area contributed by atoms with Gasteiger partial charge >= 0.3 is 0 Å². The minimum absolute atomic E-state index is 0.0326. The predicted octanol–water partition coefficient (Wildman–Crippen LogP) is 2.70. The second-order valence-electron chi connectivity index (χ2n) is 6.80. The molecular formula is C18H25N5O2S. The number of hydrogen-bond donors (Lipinski definition) is 1. The molecule has 0 saturated heterocycles. The number of thioether (sulfide) groups is 1. The van der Waals surface area contributed by atoms with Crippen LogP contribution in [0.25, 0.3) is 5.69 Å². The summed E-state index contributed by atoms with van der Waals surface area (Å²) in [5, 5.41) is 15.6. The van der Waals surface area contributed by atoms with Gasteiger partial charge in [-0.2, -0.15) is 4.68 Å². The van der Waals surface area contributed by atoms with E-state index in [1.54, 1.807) is 11.8 Å². The Morgan fingerprint density at radius 1 is 1.31 bits per heavy atom. The quantitative estimate of drug-likeness (QED) is 0.782. The van der Waals surface area contributed by atoms with E-state index in [1.807, 2.05) is 24.3 Å². The van der Waals surface area contributed by atoms with Gasteiger partial charge in [-0.1, -0.05) is 38.5 Å². The predicted molar refractivity (Wildman–Crippen MR) is 101 cm³/mol. The first-order chi connectivity index (χ1) is 12.6. The van der Waals surface area contributed by atoms with E-state index < -0.39 is 0 Å². The van der Waals surface area contributed by atoms with E-state index in [0.717, 1.165) is 17.9 Å². The summed E-state index contributed by atoms with van der Waals surface area (Å²) >= 11 is 1.34. The number of rotatable bonds is 6. The zero-order valence-corrected chi connectivity index (χ0v) is 16.2. The molecule has 0 radical (unpaired) electrons. The molecule has 0 bridgehead atoms. The highest BCUT2D eigenvalue weighted by Crippen LogP contribution is 2.29. The van der Waals surface area contributed by atoms with Gasteiger partial charge in [-0.15, -0.1) is 5.10 Å². The fourth-order valence-corrected chi connectivity index (χ4v) is 4.02. The number of nitrogens with one attached hydrogen (secondary N) is 1. The number of carbonyl (C=O) groups excluding carboxylic acids is 1. The third kappa shape index (κ3) is 4.35. The van der Waals surface area contributed by atoms with Crippen molar-refractivity contribution in [3.63, 3.8) is 0 Å². The van der Waals surface area contributed by atoms with Gasteiger partial charge in [-0.3, -0.25) is 4.79 Å². The first-order valence-corrected chi connectivity index (χ1v) is 9.92. The highest BCUT2D eigenvalue weighted by Gasteiger charge is 2.28. The van der Waals surface area contributed by atoms with E-state index in [0.29, 0.717) is 22.7 Å². The summed E-state index contributed by atoms with van der Waals surface area (Å²) in [6.07, 6.45) is 3.49. The van der Waals surface area contributed by atoms with Crippen molar-refractivity contribution in [2.75, 3.05) is 12.9 Å². The SMILES string of the molecule is COc1ccc(-n2nnnc2SCC(=O)N[C@H]2CCC[C@H](C)[C@H]2C)cc1. The van der Waals surface area contributed by atoms with Crippen molar-refractivity contribution in [1.82, 2.24) is 25.5 Å². The molecule has 1 aliphatic rings. The maximum absolute atomic E-state index is 12.4. The van der Waals surface area contributed by atoms with Crippen molar-refractivity contribution in [3.05, 3.63) is 24.3 Å². The van der Waals surface area contributed by atoms with E-state index in [1.165, 1.54) is 24.6 Å². The van der Waals surface area contributed by atoms with Crippen LogP contribution in [-0.2, 0) is 4.79 Å². The highest BCUT2D eigenvalue weighted by atomic mass is 32.2. The molecule has 7 nitrogen and oxygen atoms in total. The van der Waals surface area contributed by atoms with Crippen LogP contribution in [0.3, 0.4) is 0 Å². The lowest BCUT2D eigenvalue weighted by Gasteiger charge is -2.34. The molecule has 140 valence electrons. The van der Waals surface area contributed by atoms with Crippen molar-refractivity contribution < 1.29 is 9.53 Å². The maximum atomic E-state index is 12.4. The molecule has 0 unspecified atom stereocenters.